The molecule has 3 rings (SSSR count). The average Bonchev–Trinajstić information content (AvgIpc) is 3.17. The smallest absolute Gasteiger partial charge is 0.289 e. The van der Waals surface area contributed by atoms with Crippen LogP contribution < -0.4 is 0 Å². The molecule has 2 aromatic heterocycles. The number of hydrogen-bond donors (Lipinski definition) is 0. The largest absolute Gasteiger partial charge is 0.459 e. The van der Waals surface area contributed by atoms with Gasteiger partial charge in [-0.3, -0.25) is 9.59 Å². The van der Waals surface area contributed by atoms with Crippen LogP contribution in [0.25, 0.3) is 0 Å². The molecule has 0 aliphatic carbocycles. The number of rotatable bonds is 2. The number of amides is 2. The monoisotopic (exact) mass is 288 g/mol. The van der Waals surface area contributed by atoms with Gasteiger partial charge in [0.05, 0.1) is 12.6 Å². The van der Waals surface area contributed by atoms with E-state index in [1.165, 1.54) is 6.26 Å². The van der Waals surface area contributed by atoms with Crippen LogP contribution in [-0.4, -0.2) is 57.3 Å². The molecular weight excluding hydrogens is 272 g/mol. The molecule has 0 aromatic carbocycles. The van der Waals surface area contributed by atoms with E-state index in [4.69, 9.17) is 4.42 Å². The van der Waals surface area contributed by atoms with Crippen LogP contribution in [0, 0.1) is 0 Å². The molecule has 3 heterocycles. The van der Waals surface area contributed by atoms with Gasteiger partial charge in [0, 0.05) is 39.4 Å². The summed E-state index contributed by atoms with van der Waals surface area (Å²) in [5.41, 5.74) is 0.434. The molecule has 0 atom stereocenters. The molecule has 2 aromatic rings. The van der Waals surface area contributed by atoms with Crippen molar-refractivity contribution in [2.75, 3.05) is 26.2 Å². The highest BCUT2D eigenvalue weighted by Gasteiger charge is 2.27. The van der Waals surface area contributed by atoms with Crippen molar-refractivity contribution < 1.29 is 14.0 Å². The van der Waals surface area contributed by atoms with Crippen LogP contribution in [0.2, 0.25) is 0 Å². The molecule has 1 saturated heterocycles. The zero-order valence-electron chi connectivity index (χ0n) is 11.7. The van der Waals surface area contributed by atoms with Crippen molar-refractivity contribution in [2.24, 2.45) is 7.05 Å². The number of furan rings is 1. The molecule has 0 spiro atoms. The van der Waals surface area contributed by atoms with Crippen molar-refractivity contribution in [3.05, 3.63) is 42.4 Å². The Balaban J connectivity index is 1.60. The van der Waals surface area contributed by atoms with E-state index in [0.29, 0.717) is 37.6 Å². The van der Waals surface area contributed by atoms with Crippen LogP contribution in [0.3, 0.4) is 0 Å². The zero-order chi connectivity index (χ0) is 14.8. The van der Waals surface area contributed by atoms with Crippen LogP contribution in [-0.2, 0) is 7.05 Å². The van der Waals surface area contributed by atoms with Crippen molar-refractivity contribution in [2.45, 2.75) is 0 Å². The first kappa shape index (κ1) is 13.4. The van der Waals surface area contributed by atoms with E-state index in [2.05, 4.69) is 4.98 Å². The number of nitrogens with zero attached hydrogens (tertiary/aromatic N) is 4. The molecule has 0 unspecified atom stereocenters. The van der Waals surface area contributed by atoms with Crippen LogP contribution in [0.1, 0.15) is 21.0 Å². The predicted molar refractivity (Wildman–Crippen MR) is 73.7 cm³/mol. The van der Waals surface area contributed by atoms with Gasteiger partial charge in [-0.1, -0.05) is 0 Å². The Morgan fingerprint density at radius 3 is 2.33 bits per heavy atom. The molecule has 0 N–H and O–H groups in total. The number of carbonyl (C=O) groups excluding carboxylic acids is 2. The molecule has 110 valence electrons. The van der Waals surface area contributed by atoms with Gasteiger partial charge in [-0.15, -0.1) is 0 Å². The van der Waals surface area contributed by atoms with Crippen molar-refractivity contribution >= 4 is 11.8 Å². The van der Waals surface area contributed by atoms with E-state index in [1.54, 1.807) is 39.0 Å². The van der Waals surface area contributed by atoms with Crippen molar-refractivity contribution in [1.29, 1.82) is 0 Å². The number of aromatic nitrogens is 2. The molecule has 0 radical (unpaired) electrons. The summed E-state index contributed by atoms with van der Waals surface area (Å²) >= 11 is 0. The van der Waals surface area contributed by atoms with E-state index < -0.39 is 0 Å². The van der Waals surface area contributed by atoms with Crippen molar-refractivity contribution in [3.8, 4) is 0 Å². The molecule has 1 fully saturated rings. The number of hydrogen-bond acceptors (Lipinski definition) is 4. The van der Waals surface area contributed by atoms with Crippen LogP contribution in [0.15, 0.2) is 35.3 Å². The summed E-state index contributed by atoms with van der Waals surface area (Å²) in [6.45, 7) is 2.00. The van der Waals surface area contributed by atoms with Gasteiger partial charge in [0.25, 0.3) is 11.8 Å². The molecule has 0 bridgehead atoms. The van der Waals surface area contributed by atoms with Crippen molar-refractivity contribution in [1.82, 2.24) is 19.4 Å². The number of carbonyl (C=O) groups is 2. The highest BCUT2D eigenvalue weighted by Crippen LogP contribution is 2.11. The lowest BCUT2D eigenvalue weighted by Gasteiger charge is -2.33. The second-order valence-corrected chi connectivity index (χ2v) is 4.99. The van der Waals surface area contributed by atoms with Gasteiger partial charge in [-0.25, -0.2) is 4.98 Å². The maximum absolute atomic E-state index is 12.2. The standard InChI is InChI=1S/C14H16N4O3/c1-16-9-11(15-10-16)13(19)17-4-6-18(7-5-17)14(20)12-3-2-8-21-12/h2-3,8-10H,4-7H2,1H3. The van der Waals surface area contributed by atoms with E-state index in [9.17, 15) is 9.59 Å². The summed E-state index contributed by atoms with van der Waals surface area (Å²) in [4.78, 5) is 31.8. The Morgan fingerprint density at radius 1 is 1.14 bits per heavy atom. The van der Waals surface area contributed by atoms with Gasteiger partial charge >= 0.3 is 0 Å². The van der Waals surface area contributed by atoms with E-state index in [1.807, 2.05) is 7.05 Å². The van der Waals surface area contributed by atoms with Gasteiger partial charge < -0.3 is 18.8 Å². The second-order valence-electron chi connectivity index (χ2n) is 4.99. The molecular formula is C14H16N4O3. The lowest BCUT2D eigenvalue weighted by molar-refractivity contribution is 0.0515. The van der Waals surface area contributed by atoms with Gasteiger partial charge in [0.1, 0.15) is 5.69 Å². The van der Waals surface area contributed by atoms with Crippen LogP contribution >= 0.6 is 0 Å². The van der Waals surface area contributed by atoms with Gasteiger partial charge in [-0.05, 0) is 12.1 Å². The minimum atomic E-state index is -0.134. The average molecular weight is 288 g/mol. The minimum absolute atomic E-state index is 0.0966. The fourth-order valence-electron chi connectivity index (χ4n) is 2.35. The summed E-state index contributed by atoms with van der Waals surface area (Å²) in [6, 6.07) is 3.34. The molecule has 7 nitrogen and oxygen atoms in total. The fraction of sp³-hybridized carbons (Fsp3) is 0.357. The predicted octanol–water partition coefficient (Wildman–Crippen LogP) is 0.611. The molecule has 7 heteroatoms. The summed E-state index contributed by atoms with van der Waals surface area (Å²) < 4.78 is 6.85. The van der Waals surface area contributed by atoms with Crippen LogP contribution in [0.4, 0.5) is 0 Å². The third kappa shape index (κ3) is 2.67. The Kier molecular flexibility index (Phi) is 3.47. The fourth-order valence-corrected chi connectivity index (χ4v) is 2.35. The van der Waals surface area contributed by atoms with Gasteiger partial charge in [0.2, 0.25) is 0 Å². The highest BCUT2D eigenvalue weighted by molar-refractivity contribution is 5.93. The van der Waals surface area contributed by atoms with E-state index in [0.717, 1.165) is 0 Å². The normalized spacial score (nSPS) is 15.3. The van der Waals surface area contributed by atoms with Gasteiger partial charge in [0.15, 0.2) is 5.76 Å². The topological polar surface area (TPSA) is 71.6 Å². The first-order valence-electron chi connectivity index (χ1n) is 6.75. The molecule has 1 aliphatic rings. The summed E-state index contributed by atoms with van der Waals surface area (Å²) in [5, 5.41) is 0. The maximum Gasteiger partial charge on any atom is 0.289 e. The maximum atomic E-state index is 12.2. The third-order valence-electron chi connectivity index (χ3n) is 3.51. The zero-order valence-corrected chi connectivity index (χ0v) is 11.7. The highest BCUT2D eigenvalue weighted by atomic mass is 16.3. The number of aryl methyl sites for hydroxylation is 1. The lowest BCUT2D eigenvalue weighted by atomic mass is 10.2. The molecule has 2 amide bonds. The minimum Gasteiger partial charge on any atom is -0.459 e. The van der Waals surface area contributed by atoms with Crippen LogP contribution in [0.5, 0.6) is 0 Å². The Labute approximate surface area is 121 Å². The van der Waals surface area contributed by atoms with E-state index >= 15 is 0 Å². The Morgan fingerprint density at radius 2 is 1.81 bits per heavy atom. The quantitative estimate of drug-likeness (QED) is 0.812. The number of piperazine rings is 1. The number of imidazole rings is 1. The Hall–Kier alpha value is -2.57. The molecule has 1 aliphatic heterocycles. The van der Waals surface area contributed by atoms with Gasteiger partial charge in [-0.2, -0.15) is 0 Å². The first-order chi connectivity index (χ1) is 10.1. The summed E-state index contributed by atoms with van der Waals surface area (Å²) in [5.74, 6) is 0.102. The van der Waals surface area contributed by atoms with E-state index in [-0.39, 0.29) is 11.8 Å². The molecule has 21 heavy (non-hydrogen) atoms. The Bertz CT molecular complexity index is 639. The lowest BCUT2D eigenvalue weighted by Crippen LogP contribution is -2.50. The second kappa shape index (κ2) is 5.43. The third-order valence-corrected chi connectivity index (χ3v) is 3.51. The SMILES string of the molecule is Cn1cnc(C(=O)N2CCN(C(=O)c3ccco3)CC2)c1. The summed E-state index contributed by atoms with van der Waals surface area (Å²) in [6.07, 6.45) is 4.78. The molecule has 0 saturated carbocycles. The first-order valence-corrected chi connectivity index (χ1v) is 6.75. The summed E-state index contributed by atoms with van der Waals surface area (Å²) in [7, 11) is 1.82. The van der Waals surface area contributed by atoms with Crippen molar-refractivity contribution in [3.63, 3.8) is 0 Å².